The minimum Gasteiger partial charge on any atom is -0.376 e. The summed E-state index contributed by atoms with van der Waals surface area (Å²) in [5.74, 6) is -1.64. The maximum atomic E-state index is 11.6. The quantitative estimate of drug-likeness (QED) is 0.673. The molecule has 7 heteroatoms. The van der Waals surface area contributed by atoms with E-state index >= 15 is 0 Å². The van der Waals surface area contributed by atoms with E-state index in [1.54, 1.807) is 13.0 Å². The van der Waals surface area contributed by atoms with Crippen molar-refractivity contribution >= 4 is 17.5 Å². The van der Waals surface area contributed by atoms with Crippen molar-refractivity contribution < 1.29 is 14.3 Å². The zero-order chi connectivity index (χ0) is 14.5. The normalized spacial score (nSPS) is 17.8. The molecule has 3 N–H and O–H groups in total. The van der Waals surface area contributed by atoms with Gasteiger partial charge in [0.2, 0.25) is 0 Å². The number of nitrogens with one attached hydrogen (secondary N) is 3. The molecule has 1 aromatic rings. The fourth-order valence-electron chi connectivity index (χ4n) is 1.94. The van der Waals surface area contributed by atoms with E-state index < -0.39 is 17.4 Å². The van der Waals surface area contributed by atoms with Crippen LogP contribution in [0.15, 0.2) is 16.9 Å². The van der Waals surface area contributed by atoms with Gasteiger partial charge in [0.15, 0.2) is 0 Å². The molecule has 0 radical (unpaired) electrons. The molecule has 2 rings (SSSR count). The Bertz CT molecular complexity index is 561. The SMILES string of the molecule is Cc1ccc(NC(=O)C(=O)NCC2CCCO2)c(=O)[nH]1. The third-order valence-electron chi connectivity index (χ3n) is 3.02. The summed E-state index contributed by atoms with van der Waals surface area (Å²) >= 11 is 0. The minimum absolute atomic E-state index is 0.0328. The number of aromatic nitrogens is 1. The predicted octanol–water partition coefficient (Wildman–Crippen LogP) is -0.0830. The third kappa shape index (κ3) is 3.67. The maximum Gasteiger partial charge on any atom is 0.313 e. The first-order valence-electron chi connectivity index (χ1n) is 6.47. The van der Waals surface area contributed by atoms with E-state index in [0.717, 1.165) is 12.8 Å². The van der Waals surface area contributed by atoms with Gasteiger partial charge in [0.1, 0.15) is 5.69 Å². The van der Waals surface area contributed by atoms with E-state index in [1.165, 1.54) is 6.07 Å². The molecule has 0 bridgehead atoms. The van der Waals surface area contributed by atoms with Crippen molar-refractivity contribution in [3.8, 4) is 0 Å². The van der Waals surface area contributed by atoms with Crippen LogP contribution in [-0.2, 0) is 14.3 Å². The molecule has 0 aliphatic carbocycles. The number of pyridine rings is 1. The van der Waals surface area contributed by atoms with Crippen molar-refractivity contribution in [1.29, 1.82) is 0 Å². The topological polar surface area (TPSA) is 100 Å². The number of H-pyrrole nitrogens is 1. The highest BCUT2D eigenvalue weighted by Gasteiger charge is 2.19. The Morgan fingerprint density at radius 2 is 2.20 bits per heavy atom. The first-order chi connectivity index (χ1) is 9.56. The van der Waals surface area contributed by atoms with Gasteiger partial charge in [-0.25, -0.2) is 0 Å². The van der Waals surface area contributed by atoms with Crippen LogP contribution in [0.1, 0.15) is 18.5 Å². The maximum absolute atomic E-state index is 11.6. The number of rotatable bonds is 3. The van der Waals surface area contributed by atoms with E-state index in [2.05, 4.69) is 15.6 Å². The van der Waals surface area contributed by atoms with Crippen LogP contribution in [0.2, 0.25) is 0 Å². The fourth-order valence-corrected chi connectivity index (χ4v) is 1.94. The van der Waals surface area contributed by atoms with Crippen LogP contribution in [0.25, 0.3) is 0 Å². The van der Waals surface area contributed by atoms with Crippen molar-refractivity contribution in [3.63, 3.8) is 0 Å². The van der Waals surface area contributed by atoms with E-state index in [9.17, 15) is 14.4 Å². The highest BCUT2D eigenvalue weighted by molar-refractivity contribution is 6.39. The van der Waals surface area contributed by atoms with Gasteiger partial charge in [0.05, 0.1) is 6.10 Å². The van der Waals surface area contributed by atoms with E-state index in [4.69, 9.17) is 4.74 Å². The molecule has 1 fully saturated rings. The van der Waals surface area contributed by atoms with Crippen molar-refractivity contribution in [3.05, 3.63) is 28.2 Å². The molecule has 0 aromatic carbocycles. The average molecular weight is 279 g/mol. The van der Waals surface area contributed by atoms with Gasteiger partial charge < -0.3 is 20.4 Å². The van der Waals surface area contributed by atoms with Crippen molar-refractivity contribution in [2.75, 3.05) is 18.5 Å². The second-order valence-corrected chi connectivity index (χ2v) is 4.68. The molecule has 1 atom stereocenters. The molecule has 1 aliphatic heterocycles. The monoisotopic (exact) mass is 279 g/mol. The standard InChI is InChI=1S/C13H17N3O4/c1-8-4-5-10(11(17)15-8)16-13(19)12(18)14-7-9-3-2-6-20-9/h4-5,9H,2-3,6-7H2,1H3,(H,14,18)(H,15,17)(H,16,19). The van der Waals surface area contributed by atoms with Gasteiger partial charge in [-0.2, -0.15) is 0 Å². The first-order valence-corrected chi connectivity index (χ1v) is 6.47. The smallest absolute Gasteiger partial charge is 0.313 e. The van der Waals surface area contributed by atoms with Crippen LogP contribution in [0.5, 0.6) is 0 Å². The lowest BCUT2D eigenvalue weighted by Crippen LogP contribution is -2.40. The Morgan fingerprint density at radius 3 is 2.85 bits per heavy atom. The molecule has 1 saturated heterocycles. The molecule has 20 heavy (non-hydrogen) atoms. The van der Waals surface area contributed by atoms with Gasteiger partial charge in [-0.05, 0) is 31.9 Å². The number of anilines is 1. The Morgan fingerprint density at radius 1 is 1.40 bits per heavy atom. The number of carbonyl (C=O) groups excluding carboxylic acids is 2. The van der Waals surface area contributed by atoms with Crippen LogP contribution >= 0.6 is 0 Å². The molecule has 2 amide bonds. The molecular weight excluding hydrogens is 262 g/mol. The van der Waals surface area contributed by atoms with Gasteiger partial charge in [0.25, 0.3) is 5.56 Å². The third-order valence-corrected chi connectivity index (χ3v) is 3.02. The second-order valence-electron chi connectivity index (χ2n) is 4.68. The fraction of sp³-hybridized carbons (Fsp3) is 0.462. The van der Waals surface area contributed by atoms with E-state index in [1.807, 2.05) is 0 Å². The highest BCUT2D eigenvalue weighted by atomic mass is 16.5. The largest absolute Gasteiger partial charge is 0.376 e. The van der Waals surface area contributed by atoms with Crippen LogP contribution in [0.3, 0.4) is 0 Å². The summed E-state index contributed by atoms with van der Waals surface area (Å²) in [6.45, 7) is 2.71. The lowest BCUT2D eigenvalue weighted by Gasteiger charge is -2.10. The molecular formula is C13H17N3O4. The van der Waals surface area contributed by atoms with Gasteiger partial charge in [-0.15, -0.1) is 0 Å². The highest BCUT2D eigenvalue weighted by Crippen LogP contribution is 2.10. The molecule has 0 saturated carbocycles. The molecule has 1 unspecified atom stereocenters. The summed E-state index contributed by atoms with van der Waals surface area (Å²) in [5.41, 5.74) is 0.286. The Labute approximate surface area is 115 Å². The van der Waals surface area contributed by atoms with Crippen molar-refractivity contribution in [1.82, 2.24) is 10.3 Å². The van der Waals surface area contributed by atoms with Gasteiger partial charge in [0, 0.05) is 18.8 Å². The Hall–Kier alpha value is -2.15. The van der Waals surface area contributed by atoms with E-state index in [-0.39, 0.29) is 11.8 Å². The zero-order valence-electron chi connectivity index (χ0n) is 11.2. The zero-order valence-corrected chi connectivity index (χ0v) is 11.2. The number of aromatic amines is 1. The summed E-state index contributed by atoms with van der Waals surface area (Å²) in [5, 5.41) is 4.76. The van der Waals surface area contributed by atoms with Crippen LogP contribution in [-0.4, -0.2) is 36.1 Å². The summed E-state index contributed by atoms with van der Waals surface area (Å²) in [6.07, 6.45) is 1.81. The van der Waals surface area contributed by atoms with E-state index in [0.29, 0.717) is 18.8 Å². The van der Waals surface area contributed by atoms with Crippen LogP contribution in [0.4, 0.5) is 5.69 Å². The number of ether oxygens (including phenoxy) is 1. The number of carbonyl (C=O) groups is 2. The molecule has 1 aliphatic rings. The Kier molecular flexibility index (Phi) is 4.52. The number of hydrogen-bond donors (Lipinski definition) is 3. The van der Waals surface area contributed by atoms with Gasteiger partial charge in [-0.1, -0.05) is 0 Å². The number of hydrogen-bond acceptors (Lipinski definition) is 4. The summed E-state index contributed by atoms with van der Waals surface area (Å²) < 4.78 is 5.33. The average Bonchev–Trinajstić information content (AvgIpc) is 2.92. The lowest BCUT2D eigenvalue weighted by molar-refractivity contribution is -0.136. The van der Waals surface area contributed by atoms with Crippen LogP contribution < -0.4 is 16.2 Å². The van der Waals surface area contributed by atoms with Crippen LogP contribution in [0, 0.1) is 6.92 Å². The molecule has 7 nitrogen and oxygen atoms in total. The number of amides is 2. The molecule has 108 valence electrons. The summed E-state index contributed by atoms with van der Waals surface area (Å²) in [6, 6.07) is 3.10. The molecule has 0 spiro atoms. The number of aryl methyl sites for hydroxylation is 1. The first kappa shape index (κ1) is 14.3. The van der Waals surface area contributed by atoms with Gasteiger partial charge in [-0.3, -0.25) is 14.4 Å². The molecule has 1 aromatic heterocycles. The predicted molar refractivity (Wildman–Crippen MR) is 72.4 cm³/mol. The van der Waals surface area contributed by atoms with Crippen molar-refractivity contribution in [2.24, 2.45) is 0 Å². The summed E-state index contributed by atoms with van der Waals surface area (Å²) in [4.78, 5) is 37.3. The van der Waals surface area contributed by atoms with Crippen molar-refractivity contribution in [2.45, 2.75) is 25.9 Å². The second kappa shape index (κ2) is 6.33. The lowest BCUT2D eigenvalue weighted by atomic mass is 10.2. The Balaban J connectivity index is 1.87. The molecule has 2 heterocycles. The van der Waals surface area contributed by atoms with Gasteiger partial charge >= 0.3 is 11.8 Å². The minimum atomic E-state index is -0.864. The summed E-state index contributed by atoms with van der Waals surface area (Å²) in [7, 11) is 0.